The Bertz CT molecular complexity index is 491. The van der Waals surface area contributed by atoms with E-state index < -0.39 is 10.0 Å². The molecule has 0 radical (unpaired) electrons. The van der Waals surface area contributed by atoms with E-state index in [9.17, 15) is 8.42 Å². The van der Waals surface area contributed by atoms with Gasteiger partial charge in [-0.2, -0.15) is 5.26 Å². The normalized spacial score (nSPS) is 11.1. The van der Waals surface area contributed by atoms with Crippen LogP contribution in [0.5, 0.6) is 0 Å². The third-order valence-corrected chi connectivity index (χ3v) is 3.50. The lowest BCUT2D eigenvalue weighted by atomic mass is 10.2. The quantitative estimate of drug-likeness (QED) is 0.554. The highest BCUT2D eigenvalue weighted by atomic mass is 32.2. The summed E-state index contributed by atoms with van der Waals surface area (Å²) in [7, 11) is -3.52. The average Bonchev–Trinajstić information content (AvgIpc) is 2.35. The van der Waals surface area contributed by atoms with E-state index in [0.717, 1.165) is 0 Å². The largest absolute Gasteiger partial charge is 0.305 e. The Balaban J connectivity index is 2.66. The molecule has 1 aromatic carbocycles. The summed E-state index contributed by atoms with van der Waals surface area (Å²) >= 11 is 0. The predicted octanol–water partition coefficient (Wildman–Crippen LogP) is 0.117. The van der Waals surface area contributed by atoms with E-state index in [2.05, 4.69) is 9.56 Å². The Morgan fingerprint density at radius 2 is 2.00 bits per heavy atom. The van der Waals surface area contributed by atoms with Crippen LogP contribution >= 0.6 is 0 Å². The second kappa shape index (κ2) is 6.32. The maximum Gasteiger partial charge on any atom is 0.240 e. The van der Waals surface area contributed by atoms with Gasteiger partial charge in [-0.15, -0.1) is 0 Å². The minimum absolute atomic E-state index is 0.130. The zero-order chi connectivity index (χ0) is 12.7. The highest BCUT2D eigenvalue weighted by Gasteiger charge is 2.12. The van der Waals surface area contributed by atoms with Gasteiger partial charge in [0.05, 0.1) is 23.1 Å². The Labute approximate surface area is 100 Å². The molecule has 0 fully saturated rings. The van der Waals surface area contributed by atoms with Gasteiger partial charge in [0, 0.05) is 6.54 Å². The molecule has 0 heterocycles. The van der Waals surface area contributed by atoms with Crippen molar-refractivity contribution < 1.29 is 13.3 Å². The van der Waals surface area contributed by atoms with Gasteiger partial charge in [0.15, 0.2) is 0 Å². The van der Waals surface area contributed by atoms with Crippen molar-refractivity contribution in [1.29, 1.82) is 5.26 Å². The predicted molar refractivity (Wildman–Crippen MR) is 61.1 cm³/mol. The first-order valence-electron chi connectivity index (χ1n) is 4.91. The monoisotopic (exact) mass is 255 g/mol. The van der Waals surface area contributed by atoms with E-state index in [4.69, 9.17) is 11.2 Å². The minimum Gasteiger partial charge on any atom is -0.305 e. The molecule has 1 rings (SSSR count). The number of sulfonamides is 1. The second-order valence-electron chi connectivity index (χ2n) is 3.26. The average molecular weight is 255 g/mol. The van der Waals surface area contributed by atoms with Gasteiger partial charge in [-0.05, 0) is 30.7 Å². The Hall–Kier alpha value is -1.46. The fourth-order valence-corrected chi connectivity index (χ4v) is 2.23. The number of rotatable bonds is 6. The zero-order valence-electron chi connectivity index (χ0n) is 9.09. The van der Waals surface area contributed by atoms with Gasteiger partial charge in [0.25, 0.3) is 0 Å². The first-order chi connectivity index (χ1) is 8.10. The highest BCUT2D eigenvalue weighted by molar-refractivity contribution is 7.89. The molecule has 3 N–H and O–H groups in total. The number of nitriles is 1. The summed E-state index contributed by atoms with van der Waals surface area (Å²) in [6.07, 6.45) is 0.492. The second-order valence-corrected chi connectivity index (χ2v) is 5.03. The fourth-order valence-electron chi connectivity index (χ4n) is 1.15. The number of nitrogens with two attached hydrogens (primary N) is 1. The first kappa shape index (κ1) is 13.6. The highest BCUT2D eigenvalue weighted by Crippen LogP contribution is 2.09. The molecule has 0 aliphatic heterocycles. The molecular formula is C10H13N3O3S. The summed E-state index contributed by atoms with van der Waals surface area (Å²) in [6, 6.07) is 7.61. The molecule has 92 valence electrons. The van der Waals surface area contributed by atoms with Crippen LogP contribution in [0.2, 0.25) is 0 Å². The molecule has 6 nitrogen and oxygen atoms in total. The molecule has 0 spiro atoms. The van der Waals surface area contributed by atoms with Crippen LogP contribution in [0.1, 0.15) is 12.0 Å². The van der Waals surface area contributed by atoms with Gasteiger partial charge in [0.2, 0.25) is 10.0 Å². The molecule has 17 heavy (non-hydrogen) atoms. The molecule has 0 aliphatic rings. The van der Waals surface area contributed by atoms with Crippen molar-refractivity contribution >= 4 is 10.0 Å². The smallest absolute Gasteiger partial charge is 0.240 e. The summed E-state index contributed by atoms with van der Waals surface area (Å²) in [5, 5.41) is 8.59. The van der Waals surface area contributed by atoms with Gasteiger partial charge in [-0.1, -0.05) is 0 Å². The molecule has 0 saturated carbocycles. The van der Waals surface area contributed by atoms with Crippen LogP contribution in [0.3, 0.4) is 0 Å². The van der Waals surface area contributed by atoms with Crippen LogP contribution in [0.15, 0.2) is 29.2 Å². The molecule has 1 aromatic rings. The molecule has 0 aliphatic carbocycles. The Kier molecular flexibility index (Phi) is 5.06. The summed E-state index contributed by atoms with van der Waals surface area (Å²) in [6.45, 7) is 0.537. The van der Waals surface area contributed by atoms with E-state index in [1.807, 2.05) is 6.07 Å². The number of benzene rings is 1. The van der Waals surface area contributed by atoms with Crippen molar-refractivity contribution in [1.82, 2.24) is 4.72 Å². The van der Waals surface area contributed by atoms with E-state index in [-0.39, 0.29) is 18.0 Å². The summed E-state index contributed by atoms with van der Waals surface area (Å²) in [4.78, 5) is 4.45. The molecule has 0 atom stereocenters. The molecular weight excluding hydrogens is 242 g/mol. The number of hydrogen-bond donors (Lipinski definition) is 2. The van der Waals surface area contributed by atoms with Crippen molar-refractivity contribution in [2.75, 3.05) is 13.2 Å². The number of nitrogens with one attached hydrogen (secondary N) is 1. The minimum atomic E-state index is -3.52. The zero-order valence-corrected chi connectivity index (χ0v) is 9.90. The lowest BCUT2D eigenvalue weighted by Crippen LogP contribution is -2.25. The van der Waals surface area contributed by atoms with E-state index in [1.165, 1.54) is 24.3 Å². The van der Waals surface area contributed by atoms with Crippen molar-refractivity contribution in [3.8, 4) is 6.07 Å². The molecule has 0 bridgehead atoms. The lowest BCUT2D eigenvalue weighted by molar-refractivity contribution is 0.136. The van der Waals surface area contributed by atoms with E-state index in [0.29, 0.717) is 12.0 Å². The van der Waals surface area contributed by atoms with Gasteiger partial charge in [-0.25, -0.2) is 19.0 Å². The first-order valence-corrected chi connectivity index (χ1v) is 6.40. The maximum atomic E-state index is 11.7. The van der Waals surface area contributed by atoms with E-state index >= 15 is 0 Å². The van der Waals surface area contributed by atoms with Crippen molar-refractivity contribution in [3.05, 3.63) is 29.8 Å². The van der Waals surface area contributed by atoms with Crippen molar-refractivity contribution in [2.45, 2.75) is 11.3 Å². The Morgan fingerprint density at radius 3 is 2.53 bits per heavy atom. The van der Waals surface area contributed by atoms with Crippen LogP contribution in [-0.4, -0.2) is 21.6 Å². The molecule has 0 unspecified atom stereocenters. The summed E-state index contributed by atoms with van der Waals surface area (Å²) < 4.78 is 25.9. The van der Waals surface area contributed by atoms with Crippen LogP contribution in [0.25, 0.3) is 0 Å². The third-order valence-electron chi connectivity index (χ3n) is 2.02. The molecule has 0 amide bonds. The van der Waals surface area contributed by atoms with Crippen LogP contribution in [0.4, 0.5) is 0 Å². The van der Waals surface area contributed by atoms with Gasteiger partial charge in [0.1, 0.15) is 0 Å². The standard InChI is InChI=1S/C10H13N3O3S/c11-8-9-2-4-10(5-3-9)17(14,15)13-6-1-7-16-12/h2-5,13H,1,6-7,12H2. The van der Waals surface area contributed by atoms with Crippen LogP contribution < -0.4 is 10.6 Å². The van der Waals surface area contributed by atoms with Crippen LogP contribution in [0, 0.1) is 11.3 Å². The maximum absolute atomic E-state index is 11.7. The van der Waals surface area contributed by atoms with E-state index in [1.54, 1.807) is 0 Å². The Morgan fingerprint density at radius 1 is 1.35 bits per heavy atom. The third kappa shape index (κ3) is 4.13. The molecule has 0 aromatic heterocycles. The van der Waals surface area contributed by atoms with Crippen molar-refractivity contribution in [3.63, 3.8) is 0 Å². The summed E-state index contributed by atoms with van der Waals surface area (Å²) in [5.41, 5.74) is 0.417. The van der Waals surface area contributed by atoms with Crippen molar-refractivity contribution in [2.24, 2.45) is 5.90 Å². The van der Waals surface area contributed by atoms with Gasteiger partial charge in [-0.3, -0.25) is 0 Å². The van der Waals surface area contributed by atoms with Gasteiger partial charge >= 0.3 is 0 Å². The SMILES string of the molecule is N#Cc1ccc(S(=O)(=O)NCCCON)cc1. The summed E-state index contributed by atoms with van der Waals surface area (Å²) in [5.74, 6) is 4.81. The number of hydrogen-bond acceptors (Lipinski definition) is 5. The molecule has 0 saturated heterocycles. The molecule has 7 heteroatoms. The lowest BCUT2D eigenvalue weighted by Gasteiger charge is -2.06. The van der Waals surface area contributed by atoms with Gasteiger partial charge < -0.3 is 4.84 Å². The topological polar surface area (TPSA) is 105 Å². The number of nitrogens with zero attached hydrogens (tertiary/aromatic N) is 1. The van der Waals surface area contributed by atoms with Crippen LogP contribution in [-0.2, 0) is 14.9 Å². The fraction of sp³-hybridized carbons (Fsp3) is 0.300.